The van der Waals surface area contributed by atoms with E-state index in [0.717, 1.165) is 31.3 Å². The number of rotatable bonds is 4. The van der Waals surface area contributed by atoms with Crippen LogP contribution in [0.15, 0.2) is 17.8 Å². The maximum absolute atomic E-state index is 11.7. The molecule has 0 saturated carbocycles. The number of carbonyl (C=O) groups is 1. The van der Waals surface area contributed by atoms with Crippen LogP contribution in [0.4, 0.5) is 16.9 Å². The summed E-state index contributed by atoms with van der Waals surface area (Å²) >= 11 is 1.63. The van der Waals surface area contributed by atoms with Crippen molar-refractivity contribution >= 4 is 34.2 Å². The topological polar surface area (TPSA) is 97.5 Å². The number of hydrogen-bond acceptors (Lipinski definition) is 9. The summed E-state index contributed by atoms with van der Waals surface area (Å²) in [6, 6.07) is 0. The third-order valence-electron chi connectivity index (χ3n) is 3.55. The van der Waals surface area contributed by atoms with E-state index in [1.807, 2.05) is 11.6 Å². The van der Waals surface area contributed by atoms with Crippen LogP contribution in [0.2, 0.25) is 0 Å². The van der Waals surface area contributed by atoms with Crippen LogP contribution >= 0.6 is 11.3 Å². The number of anilines is 3. The Labute approximate surface area is 137 Å². The molecule has 2 aromatic rings. The van der Waals surface area contributed by atoms with Crippen molar-refractivity contribution in [3.05, 3.63) is 23.3 Å². The van der Waals surface area contributed by atoms with Gasteiger partial charge in [0.15, 0.2) is 5.13 Å². The lowest BCUT2D eigenvalue weighted by Gasteiger charge is -2.34. The summed E-state index contributed by atoms with van der Waals surface area (Å²) in [6.07, 6.45) is 3.24. The van der Waals surface area contributed by atoms with Gasteiger partial charge < -0.3 is 20.3 Å². The summed E-state index contributed by atoms with van der Waals surface area (Å²) in [7, 11) is 0. The highest BCUT2D eigenvalue weighted by Crippen LogP contribution is 2.21. The highest BCUT2D eigenvalue weighted by molar-refractivity contribution is 7.13. The van der Waals surface area contributed by atoms with Crippen LogP contribution in [0, 0.1) is 0 Å². The minimum Gasteiger partial charge on any atom is -0.462 e. The van der Waals surface area contributed by atoms with Crippen molar-refractivity contribution in [3.8, 4) is 0 Å². The first-order chi connectivity index (χ1) is 11.2. The molecule has 122 valence electrons. The highest BCUT2D eigenvalue weighted by atomic mass is 32.1. The second-order valence-corrected chi connectivity index (χ2v) is 5.85. The molecule has 0 unspecified atom stereocenters. The molecule has 0 aromatic carbocycles. The molecule has 0 amide bonds. The van der Waals surface area contributed by atoms with Gasteiger partial charge in [0.1, 0.15) is 11.4 Å². The summed E-state index contributed by atoms with van der Waals surface area (Å²) in [5, 5.41) is 3.00. The maximum atomic E-state index is 11.7. The molecule has 8 nitrogen and oxygen atoms in total. The zero-order valence-corrected chi connectivity index (χ0v) is 13.6. The number of ether oxygens (including phenoxy) is 1. The monoisotopic (exact) mass is 334 g/mol. The summed E-state index contributed by atoms with van der Waals surface area (Å²) in [4.78, 5) is 28.8. The lowest BCUT2D eigenvalue weighted by Crippen LogP contribution is -2.47. The van der Waals surface area contributed by atoms with Crippen molar-refractivity contribution in [1.82, 2.24) is 15.0 Å². The van der Waals surface area contributed by atoms with E-state index in [0.29, 0.717) is 12.6 Å². The van der Waals surface area contributed by atoms with Crippen LogP contribution < -0.4 is 15.5 Å². The quantitative estimate of drug-likeness (QED) is 0.828. The molecule has 1 saturated heterocycles. The maximum Gasteiger partial charge on any atom is 0.343 e. The fourth-order valence-corrected chi connectivity index (χ4v) is 3.07. The van der Waals surface area contributed by atoms with Crippen LogP contribution in [0.25, 0.3) is 0 Å². The van der Waals surface area contributed by atoms with Crippen LogP contribution in [0.3, 0.4) is 0 Å². The van der Waals surface area contributed by atoms with Gasteiger partial charge in [0.05, 0.1) is 6.61 Å². The summed E-state index contributed by atoms with van der Waals surface area (Å²) in [6.45, 7) is 5.27. The predicted molar refractivity (Wildman–Crippen MR) is 88.9 cm³/mol. The van der Waals surface area contributed by atoms with E-state index in [-0.39, 0.29) is 11.4 Å². The summed E-state index contributed by atoms with van der Waals surface area (Å²) in [5.74, 6) is 0.190. The van der Waals surface area contributed by atoms with E-state index in [9.17, 15) is 4.79 Å². The SMILES string of the molecule is CCOC(=O)c1cnc(N2CCN(c3nccs3)CC2)nc1N. The van der Waals surface area contributed by atoms with Crippen molar-refractivity contribution in [1.29, 1.82) is 0 Å². The Morgan fingerprint density at radius 3 is 2.65 bits per heavy atom. The molecule has 3 heterocycles. The number of nitrogen functional groups attached to an aromatic ring is 1. The highest BCUT2D eigenvalue weighted by Gasteiger charge is 2.22. The fraction of sp³-hybridized carbons (Fsp3) is 0.429. The Hall–Kier alpha value is -2.42. The molecule has 23 heavy (non-hydrogen) atoms. The third-order valence-corrected chi connectivity index (χ3v) is 4.39. The van der Waals surface area contributed by atoms with Gasteiger partial charge in [-0.15, -0.1) is 11.3 Å². The largest absolute Gasteiger partial charge is 0.462 e. The number of esters is 1. The number of aromatic nitrogens is 3. The van der Waals surface area contributed by atoms with Gasteiger partial charge in [-0.25, -0.2) is 14.8 Å². The van der Waals surface area contributed by atoms with Gasteiger partial charge in [-0.2, -0.15) is 4.98 Å². The predicted octanol–water partition coefficient (Wildman–Crippen LogP) is 1.02. The Kier molecular flexibility index (Phi) is 4.56. The number of thiazole rings is 1. The van der Waals surface area contributed by atoms with E-state index >= 15 is 0 Å². The molecular formula is C14H18N6O2S. The first-order valence-electron chi connectivity index (χ1n) is 7.38. The lowest BCUT2D eigenvalue weighted by molar-refractivity contribution is 0.0527. The number of hydrogen-bond donors (Lipinski definition) is 1. The molecule has 0 aliphatic carbocycles. The number of nitrogens with zero attached hydrogens (tertiary/aromatic N) is 5. The zero-order valence-electron chi connectivity index (χ0n) is 12.8. The zero-order chi connectivity index (χ0) is 16.2. The Morgan fingerprint density at radius 1 is 1.30 bits per heavy atom. The Bertz CT molecular complexity index is 670. The first-order valence-corrected chi connectivity index (χ1v) is 8.26. The molecular weight excluding hydrogens is 316 g/mol. The third kappa shape index (κ3) is 3.34. The molecule has 0 atom stereocenters. The van der Waals surface area contributed by atoms with Crippen molar-refractivity contribution in [2.75, 3.05) is 48.3 Å². The van der Waals surface area contributed by atoms with E-state index in [2.05, 4.69) is 24.8 Å². The number of nitrogens with two attached hydrogens (primary N) is 1. The molecule has 9 heteroatoms. The second kappa shape index (κ2) is 6.78. The molecule has 1 aliphatic rings. The molecule has 0 radical (unpaired) electrons. The molecule has 2 aromatic heterocycles. The minimum absolute atomic E-state index is 0.149. The molecule has 2 N–H and O–H groups in total. The first kappa shape index (κ1) is 15.5. The second-order valence-electron chi connectivity index (χ2n) is 4.98. The van der Waals surface area contributed by atoms with Gasteiger partial charge in [0, 0.05) is 44.0 Å². The molecule has 0 spiro atoms. The molecule has 1 aliphatic heterocycles. The number of carbonyl (C=O) groups excluding carboxylic acids is 1. The fourth-order valence-electron chi connectivity index (χ4n) is 2.37. The standard InChI is InChI=1S/C14H18N6O2S/c1-2-22-12(21)10-9-17-13(18-11(10)15)19-4-6-20(7-5-19)14-16-3-8-23-14/h3,8-9H,2,4-7H2,1H3,(H2,15,17,18). The van der Waals surface area contributed by atoms with Gasteiger partial charge in [-0.1, -0.05) is 0 Å². The molecule has 0 bridgehead atoms. The van der Waals surface area contributed by atoms with Crippen LogP contribution in [0.5, 0.6) is 0 Å². The Morgan fingerprint density at radius 2 is 2.04 bits per heavy atom. The Balaban J connectivity index is 1.66. The van der Waals surface area contributed by atoms with E-state index < -0.39 is 5.97 Å². The van der Waals surface area contributed by atoms with Gasteiger partial charge in [0.25, 0.3) is 0 Å². The van der Waals surface area contributed by atoms with Gasteiger partial charge in [-0.05, 0) is 6.92 Å². The van der Waals surface area contributed by atoms with Crippen LogP contribution in [0.1, 0.15) is 17.3 Å². The van der Waals surface area contributed by atoms with Gasteiger partial charge in [0.2, 0.25) is 5.95 Å². The van der Waals surface area contributed by atoms with Gasteiger partial charge >= 0.3 is 5.97 Å². The number of piperazine rings is 1. The van der Waals surface area contributed by atoms with E-state index in [4.69, 9.17) is 10.5 Å². The van der Waals surface area contributed by atoms with Crippen LogP contribution in [-0.2, 0) is 4.74 Å². The summed E-state index contributed by atoms with van der Waals surface area (Å²) < 4.78 is 4.92. The van der Waals surface area contributed by atoms with Gasteiger partial charge in [-0.3, -0.25) is 0 Å². The van der Waals surface area contributed by atoms with Crippen molar-refractivity contribution in [3.63, 3.8) is 0 Å². The average molecular weight is 334 g/mol. The van der Waals surface area contributed by atoms with Crippen molar-refractivity contribution < 1.29 is 9.53 Å². The lowest BCUT2D eigenvalue weighted by atomic mass is 10.3. The van der Waals surface area contributed by atoms with E-state index in [1.165, 1.54) is 6.20 Å². The minimum atomic E-state index is -0.495. The smallest absolute Gasteiger partial charge is 0.343 e. The van der Waals surface area contributed by atoms with Crippen LogP contribution in [-0.4, -0.2) is 53.7 Å². The normalized spacial score (nSPS) is 14.8. The molecule has 1 fully saturated rings. The molecule has 3 rings (SSSR count). The van der Waals surface area contributed by atoms with E-state index in [1.54, 1.807) is 18.3 Å². The summed E-state index contributed by atoms with van der Waals surface area (Å²) in [5.41, 5.74) is 6.07. The van der Waals surface area contributed by atoms with Crippen molar-refractivity contribution in [2.45, 2.75) is 6.92 Å². The average Bonchev–Trinajstić information content (AvgIpc) is 3.09. The van der Waals surface area contributed by atoms with Crippen molar-refractivity contribution in [2.24, 2.45) is 0 Å².